The van der Waals surface area contributed by atoms with Crippen molar-refractivity contribution in [1.29, 1.82) is 0 Å². The van der Waals surface area contributed by atoms with Crippen molar-refractivity contribution in [2.75, 3.05) is 26.3 Å². The quantitative estimate of drug-likeness (QED) is 0.575. The zero-order valence-electron chi connectivity index (χ0n) is 11.8. The average Bonchev–Trinajstić information content (AvgIpc) is 2.44. The molecule has 1 aliphatic rings. The Morgan fingerprint density at radius 3 is 2.76 bits per heavy atom. The van der Waals surface area contributed by atoms with Crippen LogP contribution in [0, 0.1) is 0 Å². The first-order valence-electron chi connectivity index (χ1n) is 6.60. The van der Waals surface area contributed by atoms with Crippen LogP contribution in [0.5, 0.6) is 5.88 Å². The molecule has 0 aromatic carbocycles. The summed E-state index contributed by atoms with van der Waals surface area (Å²) in [5.74, 6) is -0.404. The van der Waals surface area contributed by atoms with Gasteiger partial charge in [0.25, 0.3) is 5.56 Å². The maximum Gasteiger partial charge on any atom is 0.331 e. The number of ether oxygens (including phenoxy) is 1. The van der Waals surface area contributed by atoms with Crippen molar-refractivity contribution in [3.8, 4) is 5.88 Å². The zero-order valence-corrected chi connectivity index (χ0v) is 11.8. The smallest absolute Gasteiger partial charge is 0.331 e. The lowest BCUT2D eigenvalue weighted by Gasteiger charge is -2.24. The summed E-state index contributed by atoms with van der Waals surface area (Å²) in [5, 5.41) is 16.2. The highest BCUT2D eigenvalue weighted by Crippen LogP contribution is 2.12. The fraction of sp³-hybridized carbons (Fsp3) is 0.462. The Kier molecular flexibility index (Phi) is 4.59. The van der Waals surface area contributed by atoms with E-state index in [1.54, 1.807) is 11.9 Å². The van der Waals surface area contributed by atoms with E-state index in [2.05, 4.69) is 16.7 Å². The van der Waals surface area contributed by atoms with E-state index in [1.807, 2.05) is 0 Å². The van der Waals surface area contributed by atoms with Gasteiger partial charge < -0.3 is 9.84 Å². The summed E-state index contributed by atoms with van der Waals surface area (Å²) in [6.45, 7) is 7.58. The Balaban J connectivity index is 2.44. The predicted molar refractivity (Wildman–Crippen MR) is 77.8 cm³/mol. The molecule has 8 nitrogen and oxygen atoms in total. The van der Waals surface area contributed by atoms with Crippen LogP contribution in [-0.4, -0.2) is 51.7 Å². The summed E-state index contributed by atoms with van der Waals surface area (Å²) in [6, 6.07) is 0. The summed E-state index contributed by atoms with van der Waals surface area (Å²) in [7, 11) is 0. The summed E-state index contributed by atoms with van der Waals surface area (Å²) in [4.78, 5) is 25.7. The number of rotatable bonds is 4. The standard InChI is InChI=1S/C13H18N4O4/c1-3-4-17-12(19)10(11(18)14-13(17)20)9(2)15-16-5-7-21-8-6-16/h3,19H,1,4-8H2,2H3,(H,14,18,20). The second kappa shape index (κ2) is 6.40. The van der Waals surface area contributed by atoms with Crippen LogP contribution in [0.15, 0.2) is 27.3 Å². The molecule has 0 spiro atoms. The lowest BCUT2D eigenvalue weighted by Crippen LogP contribution is -2.36. The average molecular weight is 294 g/mol. The Morgan fingerprint density at radius 1 is 1.48 bits per heavy atom. The van der Waals surface area contributed by atoms with E-state index >= 15 is 0 Å². The molecule has 0 bridgehead atoms. The van der Waals surface area contributed by atoms with Gasteiger partial charge in [0.1, 0.15) is 5.56 Å². The second-order valence-corrected chi connectivity index (χ2v) is 4.61. The number of hydrogen-bond acceptors (Lipinski definition) is 6. The van der Waals surface area contributed by atoms with Gasteiger partial charge in [-0.15, -0.1) is 6.58 Å². The molecular weight excluding hydrogens is 276 g/mol. The van der Waals surface area contributed by atoms with E-state index in [-0.39, 0.29) is 12.1 Å². The van der Waals surface area contributed by atoms with Crippen LogP contribution in [0.1, 0.15) is 12.5 Å². The SMILES string of the molecule is C=CCn1c(O)c(C(C)=NN2CCOCC2)c(=O)[nH]c1=O. The molecule has 8 heteroatoms. The molecule has 114 valence electrons. The highest BCUT2D eigenvalue weighted by molar-refractivity contribution is 6.00. The fourth-order valence-corrected chi connectivity index (χ4v) is 2.10. The number of aromatic nitrogens is 2. The molecule has 1 aromatic rings. The van der Waals surface area contributed by atoms with Crippen molar-refractivity contribution < 1.29 is 9.84 Å². The van der Waals surface area contributed by atoms with Crippen molar-refractivity contribution in [3.05, 3.63) is 39.1 Å². The van der Waals surface area contributed by atoms with Gasteiger partial charge in [0.05, 0.1) is 32.0 Å². The van der Waals surface area contributed by atoms with Gasteiger partial charge in [-0.05, 0) is 6.92 Å². The van der Waals surface area contributed by atoms with E-state index in [0.717, 1.165) is 4.57 Å². The van der Waals surface area contributed by atoms with Gasteiger partial charge in [-0.1, -0.05) is 6.08 Å². The van der Waals surface area contributed by atoms with Crippen LogP contribution >= 0.6 is 0 Å². The number of nitrogens with one attached hydrogen (secondary N) is 1. The van der Waals surface area contributed by atoms with E-state index < -0.39 is 17.1 Å². The van der Waals surface area contributed by atoms with Crippen molar-refractivity contribution in [2.45, 2.75) is 13.5 Å². The monoisotopic (exact) mass is 294 g/mol. The Labute approximate surface area is 121 Å². The third-order valence-corrected chi connectivity index (χ3v) is 3.12. The molecule has 1 saturated heterocycles. The molecule has 0 saturated carbocycles. The van der Waals surface area contributed by atoms with Crippen molar-refractivity contribution in [2.24, 2.45) is 5.10 Å². The van der Waals surface area contributed by atoms with Crippen LogP contribution in [0.2, 0.25) is 0 Å². The number of nitrogens with zero attached hydrogens (tertiary/aromatic N) is 3. The number of H-pyrrole nitrogens is 1. The molecular formula is C13H18N4O4. The number of allylic oxidation sites excluding steroid dienone is 1. The Bertz CT molecular complexity index is 668. The highest BCUT2D eigenvalue weighted by atomic mass is 16.5. The maximum atomic E-state index is 11.9. The predicted octanol–water partition coefficient (Wildman–Crippen LogP) is -0.516. The minimum atomic E-state index is -0.680. The van der Waals surface area contributed by atoms with E-state index in [0.29, 0.717) is 32.0 Å². The van der Waals surface area contributed by atoms with Gasteiger partial charge in [0.15, 0.2) is 0 Å². The normalized spacial score (nSPS) is 16.0. The van der Waals surface area contributed by atoms with Gasteiger partial charge in [0.2, 0.25) is 5.88 Å². The van der Waals surface area contributed by atoms with E-state index in [4.69, 9.17) is 4.74 Å². The number of morpholine rings is 1. The molecule has 2 heterocycles. The molecule has 1 aromatic heterocycles. The summed E-state index contributed by atoms with van der Waals surface area (Å²) in [5.41, 5.74) is -1.01. The molecule has 0 radical (unpaired) electrons. The first kappa shape index (κ1) is 15.0. The van der Waals surface area contributed by atoms with Crippen molar-refractivity contribution in [1.82, 2.24) is 14.6 Å². The van der Waals surface area contributed by atoms with Gasteiger partial charge in [0, 0.05) is 6.54 Å². The first-order valence-corrected chi connectivity index (χ1v) is 6.60. The largest absolute Gasteiger partial charge is 0.494 e. The van der Waals surface area contributed by atoms with Crippen molar-refractivity contribution in [3.63, 3.8) is 0 Å². The lowest BCUT2D eigenvalue weighted by atomic mass is 10.2. The molecule has 2 N–H and O–H groups in total. The van der Waals surface area contributed by atoms with Gasteiger partial charge in [-0.3, -0.25) is 19.4 Å². The first-order chi connectivity index (χ1) is 10.0. The minimum Gasteiger partial charge on any atom is -0.494 e. The second-order valence-electron chi connectivity index (χ2n) is 4.61. The van der Waals surface area contributed by atoms with E-state index in [9.17, 15) is 14.7 Å². The summed E-state index contributed by atoms with van der Waals surface area (Å²) < 4.78 is 6.25. The summed E-state index contributed by atoms with van der Waals surface area (Å²) >= 11 is 0. The van der Waals surface area contributed by atoms with Crippen LogP contribution in [-0.2, 0) is 11.3 Å². The lowest BCUT2D eigenvalue weighted by molar-refractivity contribution is 0.0393. The van der Waals surface area contributed by atoms with Crippen LogP contribution in [0.4, 0.5) is 0 Å². The maximum absolute atomic E-state index is 11.9. The zero-order chi connectivity index (χ0) is 15.4. The molecule has 0 amide bonds. The number of aromatic amines is 1. The topological polar surface area (TPSA) is 99.9 Å². The third kappa shape index (κ3) is 3.22. The number of hydrogen-bond donors (Lipinski definition) is 2. The number of aromatic hydroxyl groups is 1. The van der Waals surface area contributed by atoms with Gasteiger partial charge >= 0.3 is 5.69 Å². The molecule has 1 aliphatic heterocycles. The molecule has 0 atom stereocenters. The molecule has 1 fully saturated rings. The molecule has 0 unspecified atom stereocenters. The van der Waals surface area contributed by atoms with Crippen molar-refractivity contribution >= 4 is 5.71 Å². The van der Waals surface area contributed by atoms with Crippen LogP contribution in [0.25, 0.3) is 0 Å². The fourth-order valence-electron chi connectivity index (χ4n) is 2.10. The van der Waals surface area contributed by atoms with Crippen LogP contribution in [0.3, 0.4) is 0 Å². The van der Waals surface area contributed by atoms with Crippen LogP contribution < -0.4 is 11.2 Å². The summed E-state index contributed by atoms with van der Waals surface area (Å²) in [6.07, 6.45) is 1.46. The molecule has 2 rings (SSSR count). The Hall–Kier alpha value is -2.35. The third-order valence-electron chi connectivity index (χ3n) is 3.12. The Morgan fingerprint density at radius 2 is 2.14 bits per heavy atom. The molecule has 0 aliphatic carbocycles. The minimum absolute atomic E-state index is 0.0112. The number of hydrazone groups is 1. The van der Waals surface area contributed by atoms with Gasteiger partial charge in [-0.25, -0.2) is 4.79 Å². The highest BCUT2D eigenvalue weighted by Gasteiger charge is 2.17. The molecule has 21 heavy (non-hydrogen) atoms. The van der Waals surface area contributed by atoms with Gasteiger partial charge in [-0.2, -0.15) is 5.10 Å². The van der Waals surface area contributed by atoms with E-state index in [1.165, 1.54) is 6.08 Å².